The molecule has 5 aromatic rings. The fourth-order valence-corrected chi connectivity index (χ4v) is 5.72. The number of carbonyl (C=O) groups is 1. The van der Waals surface area contributed by atoms with Crippen molar-refractivity contribution < 1.29 is 13.2 Å². The number of nitrogens with two attached hydrogens (primary N) is 2. The van der Waals surface area contributed by atoms with E-state index in [-0.39, 0.29) is 16.6 Å². The summed E-state index contributed by atoms with van der Waals surface area (Å²) in [5.74, 6) is -0.460. The van der Waals surface area contributed by atoms with Crippen LogP contribution in [-0.4, -0.2) is 30.1 Å². The zero-order valence-electron chi connectivity index (χ0n) is 20.3. The summed E-state index contributed by atoms with van der Waals surface area (Å²) >= 11 is 1.23. The molecule has 39 heavy (non-hydrogen) atoms. The maximum Gasteiger partial charge on any atom is 0.268 e. The van der Waals surface area contributed by atoms with Crippen LogP contribution in [0.5, 0.6) is 0 Å². The van der Waals surface area contributed by atoms with Crippen LogP contribution in [0.25, 0.3) is 33.0 Å². The quantitative estimate of drug-likeness (QED) is 0.168. The van der Waals surface area contributed by atoms with E-state index in [9.17, 15) is 13.2 Å². The Morgan fingerprint density at radius 1 is 0.897 bits per heavy atom. The number of hydrogen-bond donors (Lipinski definition) is 4. The molecule has 6 N–H and O–H groups in total. The van der Waals surface area contributed by atoms with Gasteiger partial charge in [0.25, 0.3) is 5.91 Å². The molecule has 2 aromatic heterocycles. The van der Waals surface area contributed by atoms with Gasteiger partial charge in [0.1, 0.15) is 15.7 Å². The van der Waals surface area contributed by atoms with Gasteiger partial charge < -0.3 is 11.1 Å². The van der Waals surface area contributed by atoms with E-state index in [1.165, 1.54) is 17.4 Å². The second kappa shape index (κ2) is 10.6. The highest BCUT2D eigenvalue weighted by Gasteiger charge is 2.21. The minimum Gasteiger partial charge on any atom is -0.384 e. The van der Waals surface area contributed by atoms with Crippen LogP contribution >= 0.6 is 11.3 Å². The molecule has 0 bridgehead atoms. The summed E-state index contributed by atoms with van der Waals surface area (Å²) in [5, 5.41) is 16.7. The number of rotatable bonds is 7. The molecular weight excluding hydrogens is 532 g/mol. The van der Waals surface area contributed by atoms with Crippen molar-refractivity contribution in [2.75, 3.05) is 5.32 Å². The number of nitrogen functional groups attached to an aromatic ring is 1. The standard InChI is InChI=1S/C28H22N6O3S2/c29-26(30)19-6-3-5-18(15-19)24-25(38-28(34-24)20-7-4-14-32-16-20)27(35)33-21-12-10-17(11-13-21)22-8-1-2-9-23(22)39(31,36)37/h1-16H,(H3,29,30)(H,33,35)(H2,31,36,37). The summed E-state index contributed by atoms with van der Waals surface area (Å²) in [6, 6.07) is 23.9. The van der Waals surface area contributed by atoms with Crippen LogP contribution in [0.2, 0.25) is 0 Å². The van der Waals surface area contributed by atoms with Gasteiger partial charge in [-0.25, -0.2) is 18.5 Å². The number of carbonyl (C=O) groups excluding carboxylic acids is 1. The van der Waals surface area contributed by atoms with Gasteiger partial charge in [0.2, 0.25) is 10.0 Å². The largest absolute Gasteiger partial charge is 0.384 e. The van der Waals surface area contributed by atoms with E-state index in [1.807, 2.05) is 12.1 Å². The van der Waals surface area contributed by atoms with Gasteiger partial charge in [-0.2, -0.15) is 0 Å². The number of anilines is 1. The van der Waals surface area contributed by atoms with E-state index >= 15 is 0 Å². The molecule has 0 unspecified atom stereocenters. The minimum absolute atomic E-state index is 0.0202. The van der Waals surface area contributed by atoms with E-state index in [0.29, 0.717) is 43.5 Å². The Labute approximate surface area is 228 Å². The molecule has 0 spiro atoms. The maximum atomic E-state index is 13.5. The Bertz CT molecular complexity index is 1800. The first-order chi connectivity index (χ1) is 18.7. The molecule has 1 amide bonds. The van der Waals surface area contributed by atoms with Crippen LogP contribution in [0.3, 0.4) is 0 Å². The average molecular weight is 555 g/mol. The van der Waals surface area contributed by atoms with E-state index in [1.54, 1.807) is 79.1 Å². The van der Waals surface area contributed by atoms with Gasteiger partial charge in [-0.15, -0.1) is 11.3 Å². The van der Waals surface area contributed by atoms with E-state index < -0.39 is 10.0 Å². The lowest BCUT2D eigenvalue weighted by molar-refractivity contribution is 0.103. The highest BCUT2D eigenvalue weighted by atomic mass is 32.2. The van der Waals surface area contributed by atoms with Crippen LogP contribution < -0.4 is 16.2 Å². The van der Waals surface area contributed by atoms with Crippen molar-refractivity contribution in [2.45, 2.75) is 4.90 Å². The van der Waals surface area contributed by atoms with Gasteiger partial charge in [-0.1, -0.05) is 48.5 Å². The molecule has 11 heteroatoms. The van der Waals surface area contributed by atoms with E-state index in [2.05, 4.69) is 10.3 Å². The van der Waals surface area contributed by atoms with Gasteiger partial charge in [0.15, 0.2) is 0 Å². The molecule has 0 aliphatic heterocycles. The van der Waals surface area contributed by atoms with Crippen molar-refractivity contribution in [2.24, 2.45) is 10.9 Å². The molecular formula is C28H22N6O3S2. The van der Waals surface area contributed by atoms with Gasteiger partial charge in [0.05, 0.1) is 10.6 Å². The summed E-state index contributed by atoms with van der Waals surface area (Å²) in [6.07, 6.45) is 3.33. The molecule has 5 rings (SSSR count). The summed E-state index contributed by atoms with van der Waals surface area (Å²) in [5.41, 5.74) is 9.68. The smallest absolute Gasteiger partial charge is 0.268 e. The predicted octanol–water partition coefficient (Wildman–Crippen LogP) is 4.72. The lowest BCUT2D eigenvalue weighted by Gasteiger charge is -2.10. The number of pyridine rings is 1. The molecule has 0 fully saturated rings. The molecule has 0 aliphatic rings. The summed E-state index contributed by atoms with van der Waals surface area (Å²) in [7, 11) is -3.91. The van der Waals surface area contributed by atoms with Gasteiger partial charge in [-0.05, 0) is 42.0 Å². The number of nitrogens with one attached hydrogen (secondary N) is 2. The van der Waals surface area contributed by atoms with Gasteiger partial charge in [-0.3, -0.25) is 15.2 Å². The molecule has 3 aromatic carbocycles. The Hall–Kier alpha value is -4.71. The maximum absolute atomic E-state index is 13.5. The SMILES string of the molecule is N=C(N)c1cccc(-c2nc(-c3cccnc3)sc2C(=O)Nc2ccc(-c3ccccc3S(N)(=O)=O)cc2)c1. The average Bonchev–Trinajstić information content (AvgIpc) is 3.40. The predicted molar refractivity (Wildman–Crippen MR) is 153 cm³/mol. The molecule has 9 nitrogen and oxygen atoms in total. The molecule has 0 aliphatic carbocycles. The number of hydrogen-bond acceptors (Lipinski definition) is 7. The Morgan fingerprint density at radius 2 is 1.64 bits per heavy atom. The van der Waals surface area contributed by atoms with Crippen molar-refractivity contribution in [1.29, 1.82) is 5.41 Å². The third-order valence-electron chi connectivity index (χ3n) is 5.84. The topological polar surface area (TPSA) is 165 Å². The number of aromatic nitrogens is 2. The normalized spacial score (nSPS) is 11.2. The Morgan fingerprint density at radius 3 is 2.33 bits per heavy atom. The first-order valence-corrected chi connectivity index (χ1v) is 14.0. The number of thiazole rings is 1. The molecule has 0 saturated carbocycles. The van der Waals surface area contributed by atoms with Gasteiger partial charge >= 0.3 is 0 Å². The van der Waals surface area contributed by atoms with Crippen LogP contribution in [0.1, 0.15) is 15.2 Å². The number of amides is 1. The number of amidine groups is 1. The van der Waals surface area contributed by atoms with Crippen LogP contribution in [-0.2, 0) is 10.0 Å². The number of benzene rings is 3. The monoisotopic (exact) mass is 554 g/mol. The zero-order valence-corrected chi connectivity index (χ0v) is 22.0. The summed E-state index contributed by atoms with van der Waals surface area (Å²) in [6.45, 7) is 0. The molecule has 194 valence electrons. The van der Waals surface area contributed by atoms with E-state index in [0.717, 1.165) is 5.56 Å². The summed E-state index contributed by atoms with van der Waals surface area (Å²) in [4.78, 5) is 22.8. The van der Waals surface area contributed by atoms with Crippen LogP contribution in [0.4, 0.5) is 5.69 Å². The molecule has 0 saturated heterocycles. The molecule has 2 heterocycles. The lowest BCUT2D eigenvalue weighted by atomic mass is 10.1. The second-order valence-corrected chi connectivity index (χ2v) is 11.0. The first-order valence-electron chi connectivity index (χ1n) is 11.6. The highest BCUT2D eigenvalue weighted by molar-refractivity contribution is 7.89. The Balaban J connectivity index is 1.49. The molecule has 0 radical (unpaired) electrons. The number of nitrogens with zero attached hydrogens (tertiary/aromatic N) is 2. The zero-order chi connectivity index (χ0) is 27.6. The minimum atomic E-state index is -3.91. The fourth-order valence-electron chi connectivity index (χ4n) is 3.99. The fraction of sp³-hybridized carbons (Fsp3) is 0. The second-order valence-electron chi connectivity index (χ2n) is 8.51. The van der Waals surface area contributed by atoms with Crippen molar-refractivity contribution >= 4 is 38.8 Å². The third kappa shape index (κ3) is 5.60. The van der Waals surface area contributed by atoms with Crippen LogP contribution in [0, 0.1) is 5.41 Å². The molecule has 0 atom stereocenters. The third-order valence-corrected chi connectivity index (χ3v) is 7.91. The van der Waals surface area contributed by atoms with Crippen molar-refractivity contribution in [3.05, 3.63) is 108 Å². The highest BCUT2D eigenvalue weighted by Crippen LogP contribution is 2.35. The van der Waals surface area contributed by atoms with Gasteiger partial charge in [0, 0.05) is 40.3 Å². The lowest BCUT2D eigenvalue weighted by Crippen LogP contribution is -2.13. The van der Waals surface area contributed by atoms with Crippen molar-refractivity contribution in [3.8, 4) is 33.0 Å². The Kier molecular flexibility index (Phi) is 7.03. The number of primary sulfonamides is 1. The van der Waals surface area contributed by atoms with E-state index in [4.69, 9.17) is 21.3 Å². The first kappa shape index (κ1) is 25.9. The van der Waals surface area contributed by atoms with Crippen LogP contribution in [0.15, 0.2) is 102 Å². The summed E-state index contributed by atoms with van der Waals surface area (Å²) < 4.78 is 24.0. The number of sulfonamides is 1. The van der Waals surface area contributed by atoms with Crippen molar-refractivity contribution in [1.82, 2.24) is 9.97 Å². The van der Waals surface area contributed by atoms with Crippen molar-refractivity contribution in [3.63, 3.8) is 0 Å².